The Balaban J connectivity index is 1.27. The van der Waals surface area contributed by atoms with Crippen molar-refractivity contribution in [2.45, 2.75) is 18.9 Å². The van der Waals surface area contributed by atoms with Gasteiger partial charge in [0.1, 0.15) is 6.04 Å². The third-order valence-corrected chi connectivity index (χ3v) is 6.33. The Hall–Kier alpha value is -4.59. The molecule has 0 unspecified atom stereocenters. The number of imide groups is 2. The number of esters is 1. The topological polar surface area (TPSA) is 101 Å². The van der Waals surface area contributed by atoms with E-state index in [-0.39, 0.29) is 48.9 Å². The summed E-state index contributed by atoms with van der Waals surface area (Å²) >= 11 is 0. The Kier molecular flexibility index (Phi) is 6.16. The number of hydrogen-bond donors (Lipinski definition) is 0. The molecule has 0 aliphatic carbocycles. The lowest BCUT2D eigenvalue weighted by Gasteiger charge is -2.25. The van der Waals surface area contributed by atoms with Crippen molar-refractivity contribution in [2.75, 3.05) is 13.2 Å². The summed E-state index contributed by atoms with van der Waals surface area (Å²) in [6.45, 7) is -0.00328. The third kappa shape index (κ3) is 4.07. The number of hydrogen-bond acceptors (Lipinski definition) is 6. The Morgan fingerprint density at radius 3 is 1.67 bits per heavy atom. The fourth-order valence-corrected chi connectivity index (χ4v) is 4.54. The Bertz CT molecular complexity index is 1310. The monoisotopic (exact) mass is 482 g/mol. The molecule has 0 N–H and O–H groups in total. The van der Waals surface area contributed by atoms with Gasteiger partial charge in [0.25, 0.3) is 23.6 Å². The molecule has 2 aliphatic rings. The molecule has 2 aliphatic heterocycles. The fraction of sp³-hybridized carbons (Fsp3) is 0.179. The maximum absolute atomic E-state index is 13.2. The molecule has 3 aromatic carbocycles. The molecule has 8 nitrogen and oxygen atoms in total. The number of benzene rings is 3. The van der Waals surface area contributed by atoms with Gasteiger partial charge in [-0.1, -0.05) is 54.6 Å². The predicted octanol–water partition coefficient (Wildman–Crippen LogP) is 3.12. The molecule has 2 heterocycles. The Labute approximate surface area is 207 Å². The molecule has 8 heteroatoms. The van der Waals surface area contributed by atoms with Crippen LogP contribution >= 0.6 is 0 Å². The van der Waals surface area contributed by atoms with Crippen molar-refractivity contribution in [3.05, 3.63) is 107 Å². The second kappa shape index (κ2) is 9.58. The highest BCUT2D eigenvalue weighted by Gasteiger charge is 2.43. The zero-order valence-corrected chi connectivity index (χ0v) is 19.3. The number of rotatable bonds is 8. The molecule has 0 bridgehead atoms. The number of fused-ring (bicyclic) bond motifs is 2. The van der Waals surface area contributed by atoms with Gasteiger partial charge in [-0.05, 0) is 36.2 Å². The molecule has 1 atom stereocenters. The minimum atomic E-state index is -1.15. The van der Waals surface area contributed by atoms with Crippen molar-refractivity contribution in [2.24, 2.45) is 0 Å². The van der Waals surface area contributed by atoms with E-state index in [2.05, 4.69) is 0 Å². The molecule has 0 fully saturated rings. The van der Waals surface area contributed by atoms with E-state index in [4.69, 9.17) is 4.74 Å². The van der Waals surface area contributed by atoms with Crippen molar-refractivity contribution in [3.8, 4) is 0 Å². The van der Waals surface area contributed by atoms with Crippen molar-refractivity contribution >= 4 is 29.6 Å². The van der Waals surface area contributed by atoms with Gasteiger partial charge in [-0.25, -0.2) is 4.79 Å². The second-order valence-electron chi connectivity index (χ2n) is 8.56. The largest absolute Gasteiger partial charge is 0.464 e. The van der Waals surface area contributed by atoms with E-state index in [1.54, 1.807) is 60.7 Å². The van der Waals surface area contributed by atoms with Crippen LogP contribution in [0.5, 0.6) is 0 Å². The maximum Gasteiger partial charge on any atom is 0.329 e. The third-order valence-electron chi connectivity index (χ3n) is 6.33. The van der Waals surface area contributed by atoms with Crippen LogP contribution in [0.3, 0.4) is 0 Å². The average molecular weight is 482 g/mol. The number of ether oxygens (including phenoxy) is 1. The van der Waals surface area contributed by atoms with Crippen LogP contribution in [0.15, 0.2) is 78.9 Å². The number of carbonyl (C=O) groups excluding carboxylic acids is 5. The summed E-state index contributed by atoms with van der Waals surface area (Å²) in [5.74, 6) is -2.57. The first kappa shape index (κ1) is 23.2. The van der Waals surface area contributed by atoms with Gasteiger partial charge >= 0.3 is 5.97 Å². The van der Waals surface area contributed by atoms with Gasteiger partial charge in [-0.3, -0.25) is 29.0 Å². The average Bonchev–Trinajstić information content (AvgIpc) is 3.30. The highest BCUT2D eigenvalue weighted by atomic mass is 16.5. The molecule has 0 spiro atoms. The van der Waals surface area contributed by atoms with Crippen molar-refractivity contribution in [1.82, 2.24) is 9.80 Å². The van der Waals surface area contributed by atoms with Crippen LogP contribution in [0.2, 0.25) is 0 Å². The molecular weight excluding hydrogens is 460 g/mol. The van der Waals surface area contributed by atoms with E-state index in [0.717, 1.165) is 15.4 Å². The van der Waals surface area contributed by atoms with Gasteiger partial charge in [0.05, 0.1) is 28.9 Å². The molecule has 0 saturated carbocycles. The summed E-state index contributed by atoms with van der Waals surface area (Å²) < 4.78 is 5.46. The number of carbonyl (C=O) groups is 5. The molecule has 5 rings (SSSR count). The maximum atomic E-state index is 13.2. The molecule has 0 radical (unpaired) electrons. The molecule has 36 heavy (non-hydrogen) atoms. The van der Waals surface area contributed by atoms with Gasteiger partial charge in [-0.15, -0.1) is 0 Å². The van der Waals surface area contributed by atoms with Crippen LogP contribution in [0.1, 0.15) is 53.4 Å². The molecular formula is C28H22N2O6. The fourth-order valence-electron chi connectivity index (χ4n) is 4.54. The highest BCUT2D eigenvalue weighted by molar-refractivity contribution is 6.23. The van der Waals surface area contributed by atoms with E-state index in [0.29, 0.717) is 11.1 Å². The van der Waals surface area contributed by atoms with Crippen molar-refractivity contribution < 1.29 is 28.7 Å². The summed E-state index contributed by atoms with van der Waals surface area (Å²) in [7, 11) is 0. The summed E-state index contributed by atoms with van der Waals surface area (Å²) in [6, 6.07) is 20.9. The van der Waals surface area contributed by atoms with Crippen LogP contribution in [-0.2, 0) is 16.0 Å². The van der Waals surface area contributed by atoms with Gasteiger partial charge in [0.2, 0.25) is 0 Å². The summed E-state index contributed by atoms with van der Waals surface area (Å²) in [4.78, 5) is 66.4. The van der Waals surface area contributed by atoms with E-state index in [1.807, 2.05) is 18.2 Å². The Morgan fingerprint density at radius 1 is 0.667 bits per heavy atom. The first-order valence-electron chi connectivity index (χ1n) is 11.6. The SMILES string of the molecule is O=C(OCCCN1C(=O)c2ccccc2C1=O)[C@@H](Cc1ccccc1)N1C(=O)c2ccccc2C1=O. The smallest absolute Gasteiger partial charge is 0.329 e. The minimum absolute atomic E-state index is 0.0794. The van der Waals surface area contributed by atoms with Crippen molar-refractivity contribution in [1.29, 1.82) is 0 Å². The lowest BCUT2D eigenvalue weighted by molar-refractivity contribution is -0.148. The number of amides is 4. The van der Waals surface area contributed by atoms with Gasteiger partial charge < -0.3 is 4.74 Å². The Morgan fingerprint density at radius 2 is 1.14 bits per heavy atom. The first-order chi connectivity index (χ1) is 17.5. The van der Waals surface area contributed by atoms with Crippen LogP contribution in [0, 0.1) is 0 Å². The molecule has 180 valence electrons. The normalized spacial score (nSPS) is 15.2. The van der Waals surface area contributed by atoms with E-state index >= 15 is 0 Å². The molecule has 3 aromatic rings. The van der Waals surface area contributed by atoms with Crippen LogP contribution in [0.25, 0.3) is 0 Å². The van der Waals surface area contributed by atoms with Gasteiger partial charge in [-0.2, -0.15) is 0 Å². The zero-order chi connectivity index (χ0) is 25.2. The summed E-state index contributed by atoms with van der Waals surface area (Å²) in [5, 5.41) is 0. The van der Waals surface area contributed by atoms with Crippen LogP contribution in [0.4, 0.5) is 0 Å². The molecule has 0 aromatic heterocycles. The zero-order valence-electron chi connectivity index (χ0n) is 19.3. The molecule has 4 amide bonds. The quantitative estimate of drug-likeness (QED) is 0.278. The minimum Gasteiger partial charge on any atom is -0.464 e. The summed E-state index contributed by atoms with van der Waals surface area (Å²) in [5.41, 5.74) is 1.97. The highest BCUT2D eigenvalue weighted by Crippen LogP contribution is 2.27. The van der Waals surface area contributed by atoms with E-state index < -0.39 is 23.8 Å². The standard InChI is InChI=1S/C28H22N2O6/c31-24-19-11-4-5-12-20(19)25(32)29(24)15-8-16-36-28(35)23(17-18-9-2-1-3-10-18)30-26(33)21-13-6-7-14-22(21)27(30)34/h1-7,9-14,23H,8,15-17H2/t23-/m1/s1. The van der Waals surface area contributed by atoms with Gasteiger partial charge in [0.15, 0.2) is 0 Å². The second-order valence-corrected chi connectivity index (χ2v) is 8.56. The van der Waals surface area contributed by atoms with E-state index in [9.17, 15) is 24.0 Å². The van der Waals surface area contributed by atoms with Crippen LogP contribution < -0.4 is 0 Å². The lowest BCUT2D eigenvalue weighted by Crippen LogP contribution is -2.47. The van der Waals surface area contributed by atoms with Crippen LogP contribution in [-0.4, -0.2) is 58.6 Å². The molecule has 0 saturated heterocycles. The van der Waals surface area contributed by atoms with Gasteiger partial charge in [0, 0.05) is 13.0 Å². The predicted molar refractivity (Wildman–Crippen MR) is 128 cm³/mol. The van der Waals surface area contributed by atoms with Crippen molar-refractivity contribution in [3.63, 3.8) is 0 Å². The lowest BCUT2D eigenvalue weighted by atomic mass is 10.0. The first-order valence-corrected chi connectivity index (χ1v) is 11.6. The number of nitrogens with zero attached hydrogens (tertiary/aromatic N) is 2. The summed E-state index contributed by atoms with van der Waals surface area (Å²) in [6.07, 6.45) is 0.320. The van der Waals surface area contributed by atoms with E-state index in [1.165, 1.54) is 0 Å².